The summed E-state index contributed by atoms with van der Waals surface area (Å²) in [4.78, 5) is 16.8. The zero-order valence-electron chi connectivity index (χ0n) is 16.1. The normalized spacial score (nSPS) is 11.7. The number of nitrogens with one attached hydrogen (secondary N) is 1. The molecule has 0 saturated heterocycles. The molecule has 0 aliphatic heterocycles. The molecule has 152 valence electrons. The molecule has 3 aromatic carbocycles. The van der Waals surface area contributed by atoms with Crippen LogP contribution >= 0.6 is 11.3 Å². The van der Waals surface area contributed by atoms with E-state index in [4.69, 9.17) is 0 Å². The first-order valence-electron chi connectivity index (χ1n) is 9.18. The first kappa shape index (κ1) is 20.2. The Morgan fingerprint density at radius 1 is 1.03 bits per heavy atom. The maximum absolute atomic E-state index is 12.9. The highest BCUT2D eigenvalue weighted by atomic mass is 32.2. The number of fused-ring (bicyclic) bond motifs is 1. The number of nitrogens with zero attached hydrogens (tertiary/aromatic N) is 2. The maximum Gasteiger partial charge on any atom is 0.243 e. The molecule has 30 heavy (non-hydrogen) atoms. The first-order valence-corrected chi connectivity index (χ1v) is 11.5. The van der Waals surface area contributed by atoms with Gasteiger partial charge >= 0.3 is 0 Å². The number of rotatable bonds is 6. The van der Waals surface area contributed by atoms with Crippen molar-refractivity contribution in [1.82, 2.24) is 9.29 Å². The van der Waals surface area contributed by atoms with E-state index in [0.29, 0.717) is 5.69 Å². The van der Waals surface area contributed by atoms with Gasteiger partial charge in [0.05, 0.1) is 11.4 Å². The fraction of sp³-hybridized carbons (Fsp3) is 0.0909. The van der Waals surface area contributed by atoms with Crippen LogP contribution in [0.15, 0.2) is 83.2 Å². The van der Waals surface area contributed by atoms with Gasteiger partial charge < -0.3 is 5.32 Å². The van der Waals surface area contributed by atoms with Crippen LogP contribution < -0.4 is 5.32 Å². The number of carbonyl (C=O) groups is 1. The third-order valence-corrected chi connectivity index (χ3v) is 7.26. The summed E-state index contributed by atoms with van der Waals surface area (Å²) in [5.74, 6) is -0.413. The van der Waals surface area contributed by atoms with Crippen molar-refractivity contribution in [1.29, 1.82) is 0 Å². The second-order valence-corrected chi connectivity index (χ2v) is 9.67. The Labute approximate surface area is 178 Å². The Bertz CT molecular complexity index is 1280. The summed E-state index contributed by atoms with van der Waals surface area (Å²) in [5.41, 5.74) is 1.55. The van der Waals surface area contributed by atoms with Crippen molar-refractivity contribution >= 4 is 43.7 Å². The van der Waals surface area contributed by atoms with Gasteiger partial charge in [0.15, 0.2) is 0 Å². The summed E-state index contributed by atoms with van der Waals surface area (Å²) in [5, 5.41) is 7.32. The lowest BCUT2D eigenvalue weighted by atomic mass is 10.1. The van der Waals surface area contributed by atoms with E-state index in [1.54, 1.807) is 36.5 Å². The van der Waals surface area contributed by atoms with E-state index in [9.17, 15) is 13.2 Å². The summed E-state index contributed by atoms with van der Waals surface area (Å²) in [6, 6.07) is 19.7. The Morgan fingerprint density at radius 3 is 2.47 bits per heavy atom. The topological polar surface area (TPSA) is 79.4 Å². The highest BCUT2D eigenvalue weighted by molar-refractivity contribution is 7.89. The average molecular weight is 438 g/mol. The van der Waals surface area contributed by atoms with Crippen molar-refractivity contribution in [3.8, 4) is 10.6 Å². The number of hydrogen-bond acceptors (Lipinski definition) is 5. The molecular weight excluding hydrogens is 418 g/mol. The molecular formula is C22H19N3O3S2. The van der Waals surface area contributed by atoms with E-state index in [1.807, 2.05) is 41.8 Å². The molecule has 0 spiro atoms. The number of likely N-dealkylation sites (N-methyl/N-ethyl adjacent to an activating group) is 1. The van der Waals surface area contributed by atoms with Gasteiger partial charge in [-0.3, -0.25) is 4.79 Å². The van der Waals surface area contributed by atoms with E-state index in [0.717, 1.165) is 25.6 Å². The molecule has 0 unspecified atom stereocenters. The number of sulfonamides is 1. The minimum Gasteiger partial charge on any atom is -0.325 e. The molecule has 0 bridgehead atoms. The molecule has 1 heterocycles. The van der Waals surface area contributed by atoms with Gasteiger partial charge in [-0.15, -0.1) is 11.3 Å². The van der Waals surface area contributed by atoms with Crippen LogP contribution in [0.2, 0.25) is 0 Å². The highest BCUT2D eigenvalue weighted by Crippen LogP contribution is 2.24. The van der Waals surface area contributed by atoms with Crippen molar-refractivity contribution in [2.45, 2.75) is 4.90 Å². The Morgan fingerprint density at radius 2 is 1.77 bits per heavy atom. The molecule has 0 radical (unpaired) electrons. The molecule has 1 aromatic heterocycles. The summed E-state index contributed by atoms with van der Waals surface area (Å²) < 4.78 is 26.8. The Hall–Kier alpha value is -3.07. The van der Waals surface area contributed by atoms with E-state index >= 15 is 0 Å². The number of hydrogen-bond donors (Lipinski definition) is 1. The van der Waals surface area contributed by atoms with Crippen LogP contribution in [0.25, 0.3) is 21.3 Å². The third kappa shape index (κ3) is 4.25. The lowest BCUT2D eigenvalue weighted by molar-refractivity contribution is -0.116. The zero-order valence-corrected chi connectivity index (χ0v) is 17.8. The largest absolute Gasteiger partial charge is 0.325 e. The van der Waals surface area contributed by atoms with Crippen molar-refractivity contribution in [3.05, 3.63) is 78.3 Å². The van der Waals surface area contributed by atoms with Crippen molar-refractivity contribution in [2.75, 3.05) is 18.9 Å². The van der Waals surface area contributed by atoms with Crippen molar-refractivity contribution in [3.63, 3.8) is 0 Å². The molecule has 4 aromatic rings. The Balaban J connectivity index is 1.44. The standard InChI is InChI=1S/C22H19N3O3S2/c1-25(30(27,28)20-11-8-16-4-2-3-5-18(16)14-20)15-21(26)24-19-9-6-17(7-10-19)22-23-12-13-29-22/h2-14H,15H2,1H3,(H,24,26). The van der Waals surface area contributed by atoms with Crippen LogP contribution in [0, 0.1) is 0 Å². The minimum atomic E-state index is -3.79. The molecule has 8 heteroatoms. The van der Waals surface area contributed by atoms with E-state index in [-0.39, 0.29) is 11.4 Å². The summed E-state index contributed by atoms with van der Waals surface area (Å²) in [6.07, 6.45) is 1.74. The predicted octanol–water partition coefficient (Wildman–Crippen LogP) is 4.22. The first-order chi connectivity index (χ1) is 14.4. The van der Waals surface area contributed by atoms with Crippen molar-refractivity contribution < 1.29 is 13.2 Å². The van der Waals surface area contributed by atoms with Crippen molar-refractivity contribution in [2.24, 2.45) is 0 Å². The molecule has 1 amide bonds. The fourth-order valence-electron chi connectivity index (χ4n) is 3.06. The van der Waals surface area contributed by atoms with Gasteiger partial charge in [-0.25, -0.2) is 13.4 Å². The predicted molar refractivity (Wildman–Crippen MR) is 120 cm³/mol. The number of benzene rings is 3. The van der Waals surface area contributed by atoms with Crippen LogP contribution in [0.3, 0.4) is 0 Å². The summed E-state index contributed by atoms with van der Waals surface area (Å²) >= 11 is 1.53. The molecule has 1 N–H and O–H groups in total. The van der Waals surface area contributed by atoms with E-state index in [2.05, 4.69) is 10.3 Å². The van der Waals surface area contributed by atoms with Gasteiger partial charge in [0.1, 0.15) is 5.01 Å². The molecule has 0 aliphatic rings. The number of aromatic nitrogens is 1. The van der Waals surface area contributed by atoms with Crippen LogP contribution in [0.1, 0.15) is 0 Å². The fourth-order valence-corrected chi connectivity index (χ4v) is 4.87. The van der Waals surface area contributed by atoms with Crippen LogP contribution in [0.5, 0.6) is 0 Å². The van der Waals surface area contributed by atoms with Crippen LogP contribution in [-0.2, 0) is 14.8 Å². The third-order valence-electron chi connectivity index (χ3n) is 4.64. The van der Waals surface area contributed by atoms with Gasteiger partial charge in [0.25, 0.3) is 0 Å². The van der Waals surface area contributed by atoms with Gasteiger partial charge in [-0.05, 0) is 47.2 Å². The minimum absolute atomic E-state index is 0.157. The number of thiazole rings is 1. The van der Waals surface area contributed by atoms with Gasteiger partial charge in [-0.1, -0.05) is 30.3 Å². The second kappa shape index (κ2) is 8.35. The van der Waals surface area contributed by atoms with Crippen LogP contribution in [-0.4, -0.2) is 37.2 Å². The van der Waals surface area contributed by atoms with Gasteiger partial charge in [-0.2, -0.15) is 4.31 Å². The summed E-state index contributed by atoms with van der Waals surface area (Å²) in [6.45, 7) is -0.288. The number of carbonyl (C=O) groups excluding carboxylic acids is 1. The smallest absolute Gasteiger partial charge is 0.243 e. The molecule has 0 aliphatic carbocycles. The molecule has 0 fully saturated rings. The SMILES string of the molecule is CN(CC(=O)Nc1ccc(-c2nccs2)cc1)S(=O)(=O)c1ccc2ccccc2c1. The molecule has 6 nitrogen and oxygen atoms in total. The van der Waals surface area contributed by atoms with E-state index in [1.165, 1.54) is 18.4 Å². The van der Waals surface area contributed by atoms with Crippen LogP contribution in [0.4, 0.5) is 5.69 Å². The lowest BCUT2D eigenvalue weighted by Gasteiger charge is -2.17. The molecule has 4 rings (SSSR count). The van der Waals surface area contributed by atoms with Gasteiger partial charge in [0, 0.05) is 29.9 Å². The maximum atomic E-state index is 12.9. The average Bonchev–Trinajstić information content (AvgIpc) is 3.28. The quantitative estimate of drug-likeness (QED) is 0.490. The van der Waals surface area contributed by atoms with Gasteiger partial charge in [0.2, 0.25) is 15.9 Å². The lowest BCUT2D eigenvalue weighted by Crippen LogP contribution is -2.34. The number of amides is 1. The highest BCUT2D eigenvalue weighted by Gasteiger charge is 2.23. The van der Waals surface area contributed by atoms with E-state index < -0.39 is 15.9 Å². The molecule has 0 saturated carbocycles. The summed E-state index contributed by atoms with van der Waals surface area (Å²) in [7, 11) is -2.39. The zero-order chi connectivity index (χ0) is 21.1. The second-order valence-electron chi connectivity index (χ2n) is 6.73. The molecule has 0 atom stereocenters. The monoisotopic (exact) mass is 437 g/mol. The number of anilines is 1. The Kier molecular flexibility index (Phi) is 5.63.